The highest BCUT2D eigenvalue weighted by atomic mass is 32.1. The molecule has 0 spiro atoms. The topological polar surface area (TPSA) is 72.5 Å². The second-order valence-corrected chi connectivity index (χ2v) is 10.8. The summed E-state index contributed by atoms with van der Waals surface area (Å²) in [6.45, 7) is 0. The van der Waals surface area contributed by atoms with Crippen LogP contribution in [0, 0.1) is 11.6 Å². The molecular weight excluding hydrogens is 658 g/mol. The summed E-state index contributed by atoms with van der Waals surface area (Å²) in [5.41, 5.74) is -0.828. The molecule has 0 aliphatic carbocycles. The number of alkyl halides is 6. The van der Waals surface area contributed by atoms with E-state index < -0.39 is 47.4 Å². The summed E-state index contributed by atoms with van der Waals surface area (Å²) in [5, 5.41) is 6.72. The predicted octanol–water partition coefficient (Wildman–Crippen LogP) is 9.19. The second kappa shape index (κ2) is 13.3. The number of thiazole rings is 1. The van der Waals surface area contributed by atoms with Crippen LogP contribution in [0.2, 0.25) is 0 Å². The number of benzene rings is 4. The third-order valence-corrected chi connectivity index (χ3v) is 7.46. The summed E-state index contributed by atoms with van der Waals surface area (Å²) in [4.78, 5) is 17.9. The Kier molecular flexibility index (Phi) is 9.38. The third-order valence-electron chi connectivity index (χ3n) is 6.70. The van der Waals surface area contributed by atoms with Crippen molar-refractivity contribution in [3.05, 3.63) is 131 Å². The van der Waals surface area contributed by atoms with E-state index in [0.29, 0.717) is 5.56 Å². The summed E-state index contributed by atoms with van der Waals surface area (Å²) in [6, 6.07) is 19.9. The van der Waals surface area contributed by atoms with E-state index in [2.05, 4.69) is 25.1 Å². The van der Waals surface area contributed by atoms with Gasteiger partial charge in [0, 0.05) is 17.4 Å². The van der Waals surface area contributed by atoms with Gasteiger partial charge in [-0.3, -0.25) is 5.32 Å². The molecule has 1 aromatic heterocycles. The van der Waals surface area contributed by atoms with Crippen molar-refractivity contribution in [3.63, 3.8) is 0 Å². The molecule has 0 aliphatic heterocycles. The molecule has 0 radical (unpaired) electrons. The highest BCUT2D eigenvalue weighted by Gasteiger charge is 2.39. The number of hydrogen-bond acceptors (Lipinski definition) is 5. The Hall–Kier alpha value is -5.18. The minimum absolute atomic E-state index is 0.000782. The minimum atomic E-state index is -5.07. The van der Waals surface area contributed by atoms with E-state index in [1.165, 1.54) is 35.7 Å². The summed E-state index contributed by atoms with van der Waals surface area (Å²) in [7, 11) is 0. The molecule has 2 N–H and O–H groups in total. The van der Waals surface area contributed by atoms with Crippen molar-refractivity contribution in [1.29, 1.82) is 0 Å². The first-order valence-electron chi connectivity index (χ1n) is 13.5. The van der Waals surface area contributed by atoms with Gasteiger partial charge in [0.15, 0.2) is 16.8 Å². The number of ether oxygens (including phenoxy) is 2. The van der Waals surface area contributed by atoms with Gasteiger partial charge in [-0.2, -0.15) is 0 Å². The fourth-order valence-electron chi connectivity index (χ4n) is 4.82. The summed E-state index contributed by atoms with van der Waals surface area (Å²) >= 11 is 0.933. The second-order valence-electron chi connectivity index (χ2n) is 9.96. The van der Waals surface area contributed by atoms with Crippen LogP contribution in [0.25, 0.3) is 11.3 Å². The van der Waals surface area contributed by atoms with Crippen LogP contribution in [0.4, 0.5) is 45.0 Å². The van der Waals surface area contributed by atoms with E-state index in [9.17, 15) is 39.9 Å². The van der Waals surface area contributed by atoms with E-state index in [4.69, 9.17) is 0 Å². The lowest BCUT2D eigenvalue weighted by molar-refractivity contribution is -0.275. The summed E-state index contributed by atoms with van der Waals surface area (Å²) in [5.74, 6) is -3.46. The fourth-order valence-corrected chi connectivity index (χ4v) is 5.53. The van der Waals surface area contributed by atoms with Crippen LogP contribution < -0.4 is 20.1 Å². The first kappa shape index (κ1) is 33.2. The standard InChI is InChI=1S/C32H21F8N3O3S/c33-25-13-12-20(14-26(25)34)27-18-47-29(41-27)42-28(44)43-30(17-19-6-2-1-3-7-19,21-8-4-10-23(15-21)45-31(35,36)37)22-9-5-11-24(16-22)46-32(38,39)40/h1-16,18H,17H2,(H2,41,42,43,44). The van der Waals surface area contributed by atoms with Crippen LogP contribution in [0.15, 0.2) is 102 Å². The lowest BCUT2D eigenvalue weighted by atomic mass is 9.77. The molecule has 1 heterocycles. The molecule has 0 saturated heterocycles. The number of halogens is 8. The van der Waals surface area contributed by atoms with Gasteiger partial charge in [0.1, 0.15) is 11.5 Å². The van der Waals surface area contributed by atoms with Crippen LogP contribution in [0.3, 0.4) is 0 Å². The maximum atomic E-state index is 13.8. The predicted molar refractivity (Wildman–Crippen MR) is 157 cm³/mol. The zero-order chi connectivity index (χ0) is 33.8. The Bertz CT molecular complexity index is 1800. The molecule has 0 unspecified atom stereocenters. The van der Waals surface area contributed by atoms with Crippen molar-refractivity contribution in [1.82, 2.24) is 10.3 Å². The largest absolute Gasteiger partial charge is 0.573 e. The van der Waals surface area contributed by atoms with Gasteiger partial charge in [-0.15, -0.1) is 37.7 Å². The van der Waals surface area contributed by atoms with E-state index >= 15 is 0 Å². The molecule has 0 atom stereocenters. The van der Waals surface area contributed by atoms with Gasteiger partial charge in [0.25, 0.3) is 0 Å². The van der Waals surface area contributed by atoms with Crippen LogP contribution in [0.5, 0.6) is 11.5 Å². The Balaban J connectivity index is 1.59. The average Bonchev–Trinajstić information content (AvgIpc) is 3.45. The molecule has 15 heteroatoms. The number of amides is 2. The van der Waals surface area contributed by atoms with E-state index in [1.54, 1.807) is 30.3 Å². The maximum Gasteiger partial charge on any atom is 0.573 e. The summed E-state index contributed by atoms with van der Waals surface area (Å²) < 4.78 is 115. The van der Waals surface area contributed by atoms with Crippen molar-refractivity contribution in [3.8, 4) is 22.8 Å². The zero-order valence-electron chi connectivity index (χ0n) is 23.6. The molecule has 244 valence electrons. The molecule has 0 saturated carbocycles. The third kappa shape index (κ3) is 8.55. The van der Waals surface area contributed by atoms with Gasteiger partial charge in [0.2, 0.25) is 0 Å². The first-order chi connectivity index (χ1) is 22.2. The highest BCUT2D eigenvalue weighted by Crippen LogP contribution is 2.38. The van der Waals surface area contributed by atoms with Gasteiger partial charge in [-0.05, 0) is 59.2 Å². The van der Waals surface area contributed by atoms with Crippen molar-refractivity contribution in [2.24, 2.45) is 0 Å². The zero-order valence-corrected chi connectivity index (χ0v) is 24.4. The molecule has 5 rings (SSSR count). The molecule has 47 heavy (non-hydrogen) atoms. The lowest BCUT2D eigenvalue weighted by Crippen LogP contribution is -2.50. The SMILES string of the molecule is O=C(Nc1nc(-c2ccc(F)c(F)c2)cs1)NC(Cc1ccccc1)(c1cccc(OC(F)(F)F)c1)c1cccc(OC(F)(F)F)c1. The monoisotopic (exact) mass is 679 g/mol. The number of nitrogens with zero attached hydrogens (tertiary/aromatic N) is 1. The van der Waals surface area contributed by atoms with Crippen LogP contribution in [-0.2, 0) is 12.0 Å². The van der Waals surface area contributed by atoms with Gasteiger partial charge in [-0.25, -0.2) is 18.6 Å². The fraction of sp³-hybridized carbons (Fsp3) is 0.125. The van der Waals surface area contributed by atoms with Gasteiger partial charge in [-0.1, -0.05) is 54.6 Å². The smallest absolute Gasteiger partial charge is 0.406 e. The quantitative estimate of drug-likeness (QED) is 0.153. The number of aromatic nitrogens is 1. The molecule has 2 amide bonds. The normalized spacial score (nSPS) is 12.0. The Morgan fingerprint density at radius 1 is 0.723 bits per heavy atom. The van der Waals surface area contributed by atoms with Crippen LogP contribution in [-0.4, -0.2) is 23.7 Å². The highest BCUT2D eigenvalue weighted by molar-refractivity contribution is 7.14. The number of nitrogens with one attached hydrogen (secondary N) is 2. The van der Waals surface area contributed by atoms with Crippen LogP contribution in [0.1, 0.15) is 16.7 Å². The van der Waals surface area contributed by atoms with Gasteiger partial charge < -0.3 is 14.8 Å². The van der Waals surface area contributed by atoms with E-state index in [0.717, 1.165) is 47.7 Å². The minimum Gasteiger partial charge on any atom is -0.406 e. The number of urea groups is 1. The van der Waals surface area contributed by atoms with Crippen molar-refractivity contribution in [2.45, 2.75) is 24.7 Å². The lowest BCUT2D eigenvalue weighted by Gasteiger charge is -2.37. The van der Waals surface area contributed by atoms with Gasteiger partial charge >= 0.3 is 18.8 Å². The number of hydrogen-bond donors (Lipinski definition) is 2. The molecule has 0 bridgehead atoms. The maximum absolute atomic E-state index is 13.8. The molecule has 4 aromatic carbocycles. The first-order valence-corrected chi connectivity index (χ1v) is 14.3. The van der Waals surface area contributed by atoms with E-state index in [-0.39, 0.29) is 33.9 Å². The van der Waals surface area contributed by atoms with E-state index in [1.807, 2.05) is 0 Å². The molecule has 0 aliphatic rings. The van der Waals surface area contributed by atoms with Crippen molar-refractivity contribution in [2.75, 3.05) is 5.32 Å². The average molecular weight is 680 g/mol. The Morgan fingerprint density at radius 3 is 1.87 bits per heavy atom. The number of anilines is 1. The van der Waals surface area contributed by atoms with Crippen LogP contribution >= 0.6 is 11.3 Å². The Labute approximate surface area is 265 Å². The number of carbonyl (C=O) groups excluding carboxylic acids is 1. The number of carbonyl (C=O) groups is 1. The number of rotatable bonds is 9. The molecule has 5 aromatic rings. The Morgan fingerprint density at radius 2 is 1.32 bits per heavy atom. The van der Waals surface area contributed by atoms with Crippen molar-refractivity contribution >= 4 is 22.5 Å². The van der Waals surface area contributed by atoms with Crippen molar-refractivity contribution < 1.29 is 49.4 Å². The van der Waals surface area contributed by atoms with Gasteiger partial charge in [0.05, 0.1) is 11.2 Å². The molecule has 0 fully saturated rings. The molecule has 6 nitrogen and oxygen atoms in total. The summed E-state index contributed by atoms with van der Waals surface area (Å²) in [6.07, 6.45) is -10.3. The molecular formula is C32H21F8N3O3S.